The lowest BCUT2D eigenvalue weighted by Crippen LogP contribution is -2.25. The molecule has 0 saturated carbocycles. The minimum atomic E-state index is -0.369. The maximum absolute atomic E-state index is 10.7. The number of para-hydroxylation sites is 1. The number of nitrogens with one attached hydrogen (secondary N) is 1. The maximum Gasteiger partial charge on any atom is 0.407 e. The molecule has 0 bridgehead atoms. The number of cyclic esters (lactones) is 1. The second-order valence-corrected chi connectivity index (χ2v) is 3.53. The SMILES string of the molecule is Nc1ccccc1C#CCC1COC(=O)N1. The second-order valence-electron chi connectivity index (χ2n) is 3.53. The summed E-state index contributed by atoms with van der Waals surface area (Å²) >= 11 is 0. The topological polar surface area (TPSA) is 64.3 Å². The van der Waals surface area contributed by atoms with Gasteiger partial charge in [-0.1, -0.05) is 24.0 Å². The van der Waals surface area contributed by atoms with Crippen molar-refractivity contribution in [3.8, 4) is 11.8 Å². The number of nitrogen functional groups attached to an aromatic ring is 1. The van der Waals surface area contributed by atoms with Crippen LogP contribution in [0, 0.1) is 11.8 Å². The molecule has 3 N–H and O–H groups in total. The summed E-state index contributed by atoms with van der Waals surface area (Å²) in [5.74, 6) is 5.95. The fourth-order valence-corrected chi connectivity index (χ4v) is 1.42. The third-order valence-electron chi connectivity index (χ3n) is 2.27. The molecule has 1 aliphatic rings. The number of ether oxygens (including phenoxy) is 1. The number of carbonyl (C=O) groups excluding carboxylic acids is 1. The number of alkyl carbamates (subject to hydrolysis) is 1. The lowest BCUT2D eigenvalue weighted by Gasteiger charge is -1.99. The fraction of sp³-hybridized carbons (Fsp3) is 0.250. The van der Waals surface area contributed by atoms with Gasteiger partial charge in [-0.15, -0.1) is 0 Å². The third-order valence-corrected chi connectivity index (χ3v) is 2.27. The number of hydrogen-bond acceptors (Lipinski definition) is 3. The van der Waals surface area contributed by atoms with E-state index < -0.39 is 0 Å². The van der Waals surface area contributed by atoms with Gasteiger partial charge < -0.3 is 15.8 Å². The van der Waals surface area contributed by atoms with Gasteiger partial charge in [0.1, 0.15) is 6.61 Å². The molecule has 82 valence electrons. The first-order valence-corrected chi connectivity index (χ1v) is 5.02. The van der Waals surface area contributed by atoms with Crippen LogP contribution in [0.1, 0.15) is 12.0 Å². The van der Waals surface area contributed by atoms with Gasteiger partial charge in [0, 0.05) is 17.7 Å². The molecule has 1 heterocycles. The van der Waals surface area contributed by atoms with Gasteiger partial charge in [-0.25, -0.2) is 4.79 Å². The molecule has 1 fully saturated rings. The molecule has 2 rings (SSSR count). The molecule has 1 aromatic rings. The van der Waals surface area contributed by atoms with Crippen LogP contribution < -0.4 is 11.1 Å². The number of nitrogens with two attached hydrogens (primary N) is 1. The molecule has 1 atom stereocenters. The molecule has 0 radical (unpaired) electrons. The number of carbonyl (C=O) groups is 1. The zero-order valence-corrected chi connectivity index (χ0v) is 8.69. The van der Waals surface area contributed by atoms with E-state index in [9.17, 15) is 4.79 Å². The average Bonchev–Trinajstić information content (AvgIpc) is 2.67. The van der Waals surface area contributed by atoms with Crippen LogP contribution in [0.3, 0.4) is 0 Å². The van der Waals surface area contributed by atoms with Crippen LogP contribution in [0.15, 0.2) is 24.3 Å². The van der Waals surface area contributed by atoms with Crippen molar-refractivity contribution in [3.05, 3.63) is 29.8 Å². The van der Waals surface area contributed by atoms with Crippen molar-refractivity contribution in [2.45, 2.75) is 12.5 Å². The Morgan fingerprint density at radius 3 is 3.00 bits per heavy atom. The van der Waals surface area contributed by atoms with Crippen molar-refractivity contribution < 1.29 is 9.53 Å². The minimum Gasteiger partial charge on any atom is -0.447 e. The second kappa shape index (κ2) is 4.58. The summed E-state index contributed by atoms with van der Waals surface area (Å²) < 4.78 is 4.75. The van der Waals surface area contributed by atoms with Gasteiger partial charge in [0.25, 0.3) is 0 Å². The first-order chi connectivity index (χ1) is 7.75. The lowest BCUT2D eigenvalue weighted by atomic mass is 10.1. The molecule has 1 unspecified atom stereocenters. The quantitative estimate of drug-likeness (QED) is 0.546. The molecule has 1 aliphatic heterocycles. The van der Waals surface area contributed by atoms with Crippen LogP contribution in [0.2, 0.25) is 0 Å². The molecule has 0 aromatic heterocycles. The van der Waals surface area contributed by atoms with Crippen LogP contribution in [0.5, 0.6) is 0 Å². The summed E-state index contributed by atoms with van der Waals surface area (Å²) in [6, 6.07) is 7.42. The molecule has 1 aromatic carbocycles. The van der Waals surface area contributed by atoms with Gasteiger partial charge in [0.05, 0.1) is 6.04 Å². The number of rotatable bonds is 1. The first kappa shape index (κ1) is 10.4. The Labute approximate surface area is 93.8 Å². The van der Waals surface area contributed by atoms with Crippen molar-refractivity contribution in [1.82, 2.24) is 5.32 Å². The fourth-order valence-electron chi connectivity index (χ4n) is 1.42. The lowest BCUT2D eigenvalue weighted by molar-refractivity contribution is 0.177. The van der Waals surface area contributed by atoms with Crippen LogP contribution in [0.4, 0.5) is 10.5 Å². The number of amides is 1. The highest BCUT2D eigenvalue weighted by atomic mass is 16.6. The third kappa shape index (κ3) is 2.45. The van der Waals surface area contributed by atoms with Crippen molar-refractivity contribution in [2.24, 2.45) is 0 Å². The Hall–Kier alpha value is -2.15. The van der Waals surface area contributed by atoms with E-state index in [1.54, 1.807) is 0 Å². The summed E-state index contributed by atoms with van der Waals surface area (Å²) in [4.78, 5) is 10.7. The standard InChI is InChI=1S/C12H12N2O2/c13-11-7-2-1-4-9(11)5-3-6-10-8-16-12(15)14-10/h1-2,4,7,10H,6,8,13H2,(H,14,15). The van der Waals surface area contributed by atoms with Gasteiger partial charge >= 0.3 is 6.09 Å². The van der Waals surface area contributed by atoms with Gasteiger partial charge in [0.2, 0.25) is 0 Å². The van der Waals surface area contributed by atoms with E-state index in [0.29, 0.717) is 18.7 Å². The normalized spacial score (nSPS) is 18.2. The van der Waals surface area contributed by atoms with E-state index in [1.165, 1.54) is 0 Å². The molecule has 16 heavy (non-hydrogen) atoms. The Morgan fingerprint density at radius 1 is 1.50 bits per heavy atom. The zero-order valence-electron chi connectivity index (χ0n) is 8.69. The highest BCUT2D eigenvalue weighted by Crippen LogP contribution is 2.08. The van der Waals surface area contributed by atoms with Crippen LogP contribution >= 0.6 is 0 Å². The first-order valence-electron chi connectivity index (χ1n) is 5.02. The van der Waals surface area contributed by atoms with Crippen molar-refractivity contribution in [1.29, 1.82) is 0 Å². The van der Waals surface area contributed by atoms with Gasteiger partial charge in [-0.2, -0.15) is 0 Å². The van der Waals surface area contributed by atoms with E-state index in [2.05, 4.69) is 17.2 Å². The molecule has 4 nitrogen and oxygen atoms in total. The van der Waals surface area contributed by atoms with Crippen LogP contribution in [0.25, 0.3) is 0 Å². The maximum atomic E-state index is 10.7. The summed E-state index contributed by atoms with van der Waals surface area (Å²) in [7, 11) is 0. The Kier molecular flexibility index (Phi) is 2.97. The summed E-state index contributed by atoms with van der Waals surface area (Å²) in [6.07, 6.45) is 0.200. The Morgan fingerprint density at radius 2 is 2.31 bits per heavy atom. The molecule has 0 spiro atoms. The number of benzene rings is 1. The van der Waals surface area contributed by atoms with Crippen molar-refractivity contribution >= 4 is 11.8 Å². The highest BCUT2D eigenvalue weighted by molar-refractivity contribution is 5.69. The summed E-state index contributed by atoms with van der Waals surface area (Å²) in [5.41, 5.74) is 7.22. The molecule has 1 amide bonds. The minimum absolute atomic E-state index is 0.00932. The van der Waals surface area contributed by atoms with E-state index in [4.69, 9.17) is 10.5 Å². The van der Waals surface area contributed by atoms with Crippen LogP contribution in [-0.2, 0) is 4.74 Å². The highest BCUT2D eigenvalue weighted by Gasteiger charge is 2.20. The monoisotopic (exact) mass is 216 g/mol. The predicted molar refractivity (Wildman–Crippen MR) is 60.6 cm³/mol. The van der Waals surface area contributed by atoms with Gasteiger partial charge in [-0.3, -0.25) is 0 Å². The predicted octanol–water partition coefficient (Wildman–Crippen LogP) is 1.12. The number of hydrogen-bond donors (Lipinski definition) is 2. The molecule has 0 aliphatic carbocycles. The van der Waals surface area contributed by atoms with Gasteiger partial charge in [-0.05, 0) is 12.1 Å². The summed E-state index contributed by atoms with van der Waals surface area (Å²) in [5, 5.41) is 2.66. The Bertz CT molecular complexity index is 460. The molecule has 4 heteroatoms. The van der Waals surface area contributed by atoms with Crippen molar-refractivity contribution in [3.63, 3.8) is 0 Å². The van der Waals surface area contributed by atoms with E-state index in [1.807, 2.05) is 24.3 Å². The number of anilines is 1. The molecule has 1 saturated heterocycles. The van der Waals surface area contributed by atoms with E-state index in [0.717, 1.165) is 5.56 Å². The van der Waals surface area contributed by atoms with E-state index in [-0.39, 0.29) is 12.1 Å². The smallest absolute Gasteiger partial charge is 0.407 e. The van der Waals surface area contributed by atoms with Crippen LogP contribution in [-0.4, -0.2) is 18.7 Å². The largest absolute Gasteiger partial charge is 0.447 e. The molecular formula is C12H12N2O2. The Balaban J connectivity index is 1.95. The van der Waals surface area contributed by atoms with Gasteiger partial charge in [0.15, 0.2) is 0 Å². The zero-order chi connectivity index (χ0) is 11.4. The molecular weight excluding hydrogens is 204 g/mol. The summed E-state index contributed by atoms with van der Waals surface area (Å²) in [6.45, 7) is 0.387. The van der Waals surface area contributed by atoms with Crippen molar-refractivity contribution in [2.75, 3.05) is 12.3 Å². The average molecular weight is 216 g/mol. The van der Waals surface area contributed by atoms with E-state index >= 15 is 0 Å².